The zero-order valence-electron chi connectivity index (χ0n) is 8.98. The molecule has 0 bridgehead atoms. The Hall–Kier alpha value is -1.74. The Bertz CT molecular complexity index is 250. The fourth-order valence-electron chi connectivity index (χ4n) is 0.959. The van der Waals surface area contributed by atoms with E-state index >= 15 is 0 Å². The summed E-state index contributed by atoms with van der Waals surface area (Å²) in [6.45, 7) is 0.751. The number of carbonyl (C=O) groups excluding carboxylic acids is 2. The average Bonchev–Trinajstić information content (AvgIpc) is 2.26. The molecular weight excluding hydrogens is 212 g/mol. The van der Waals surface area contributed by atoms with Crippen LogP contribution in [0, 0.1) is 12.3 Å². The van der Waals surface area contributed by atoms with E-state index in [1.807, 2.05) is 0 Å². The molecule has 6 nitrogen and oxygen atoms in total. The maximum Gasteiger partial charge on any atom is 0.408 e. The van der Waals surface area contributed by atoms with Gasteiger partial charge in [0.25, 0.3) is 6.47 Å². The minimum absolute atomic E-state index is 0.0378. The Labute approximate surface area is 94.5 Å². The number of alkyl carbamates (subject to hydrolysis) is 1. The standard InChI is InChI=1S/C10H16N2O4/c1-2-7-15-10(14)12-6-4-3-5-9(11)16-8-13/h1,8-9H,3-7,11H2,(H,12,14). The van der Waals surface area contributed by atoms with Crippen molar-refractivity contribution >= 4 is 12.6 Å². The van der Waals surface area contributed by atoms with Crippen molar-refractivity contribution in [2.45, 2.75) is 25.5 Å². The third kappa shape index (κ3) is 8.84. The SMILES string of the molecule is C#CCOC(=O)NCCCCC(N)OC=O. The van der Waals surface area contributed by atoms with E-state index in [0.717, 1.165) is 12.8 Å². The van der Waals surface area contributed by atoms with Crippen molar-refractivity contribution in [3.05, 3.63) is 0 Å². The number of amides is 1. The molecule has 1 amide bonds. The number of carbonyl (C=O) groups is 2. The zero-order chi connectivity index (χ0) is 12.2. The molecule has 0 saturated carbocycles. The summed E-state index contributed by atoms with van der Waals surface area (Å²) in [5.41, 5.74) is 5.40. The van der Waals surface area contributed by atoms with Crippen molar-refractivity contribution in [2.24, 2.45) is 5.73 Å². The molecule has 1 unspecified atom stereocenters. The van der Waals surface area contributed by atoms with Gasteiger partial charge in [-0.25, -0.2) is 4.79 Å². The van der Waals surface area contributed by atoms with Crippen LogP contribution in [-0.4, -0.2) is 31.9 Å². The van der Waals surface area contributed by atoms with Crippen molar-refractivity contribution in [1.29, 1.82) is 0 Å². The molecule has 0 aromatic heterocycles. The Balaban J connectivity index is 3.30. The predicted molar refractivity (Wildman–Crippen MR) is 57.2 cm³/mol. The lowest BCUT2D eigenvalue weighted by atomic mass is 10.2. The van der Waals surface area contributed by atoms with Gasteiger partial charge in [-0.05, 0) is 19.3 Å². The van der Waals surface area contributed by atoms with Gasteiger partial charge in [-0.2, -0.15) is 0 Å². The van der Waals surface area contributed by atoms with Crippen LogP contribution >= 0.6 is 0 Å². The van der Waals surface area contributed by atoms with Gasteiger partial charge < -0.3 is 14.8 Å². The Morgan fingerprint density at radius 1 is 1.56 bits per heavy atom. The van der Waals surface area contributed by atoms with Crippen LogP contribution in [-0.2, 0) is 14.3 Å². The molecule has 90 valence electrons. The van der Waals surface area contributed by atoms with E-state index in [1.165, 1.54) is 0 Å². The topological polar surface area (TPSA) is 90.7 Å². The van der Waals surface area contributed by atoms with Gasteiger partial charge in [-0.1, -0.05) is 5.92 Å². The highest BCUT2D eigenvalue weighted by atomic mass is 16.5. The maximum atomic E-state index is 10.9. The number of ether oxygens (including phenoxy) is 2. The van der Waals surface area contributed by atoms with Gasteiger partial charge in [0.05, 0.1) is 0 Å². The number of terminal acetylenes is 1. The molecular formula is C10H16N2O4. The molecule has 0 aromatic rings. The van der Waals surface area contributed by atoms with Gasteiger partial charge >= 0.3 is 6.09 Å². The van der Waals surface area contributed by atoms with Gasteiger partial charge in [0.1, 0.15) is 0 Å². The molecule has 0 aromatic carbocycles. The molecule has 16 heavy (non-hydrogen) atoms. The van der Waals surface area contributed by atoms with E-state index in [0.29, 0.717) is 19.4 Å². The van der Waals surface area contributed by atoms with Gasteiger partial charge in [-0.15, -0.1) is 6.42 Å². The number of rotatable bonds is 8. The number of hydrogen-bond acceptors (Lipinski definition) is 5. The fraction of sp³-hybridized carbons (Fsp3) is 0.600. The summed E-state index contributed by atoms with van der Waals surface area (Å²) in [6.07, 6.45) is 5.81. The van der Waals surface area contributed by atoms with Crippen LogP contribution in [0.4, 0.5) is 4.79 Å². The molecule has 0 fully saturated rings. The molecule has 0 heterocycles. The smallest absolute Gasteiger partial charge is 0.408 e. The Morgan fingerprint density at radius 2 is 2.31 bits per heavy atom. The first-order valence-electron chi connectivity index (χ1n) is 4.89. The quantitative estimate of drug-likeness (QED) is 0.263. The van der Waals surface area contributed by atoms with Gasteiger partial charge in [-0.3, -0.25) is 10.5 Å². The minimum atomic E-state index is -0.578. The summed E-state index contributed by atoms with van der Waals surface area (Å²) in [7, 11) is 0. The predicted octanol–water partition coefficient (Wildman–Crippen LogP) is -0.0261. The van der Waals surface area contributed by atoms with Crippen LogP contribution in [0.2, 0.25) is 0 Å². The molecule has 0 rings (SSSR count). The van der Waals surface area contributed by atoms with Crippen molar-refractivity contribution in [3.8, 4) is 12.3 Å². The second-order valence-electron chi connectivity index (χ2n) is 2.97. The number of hydrogen-bond donors (Lipinski definition) is 2. The molecule has 0 spiro atoms. The minimum Gasteiger partial charge on any atom is -0.449 e. The Kier molecular flexibility index (Phi) is 8.74. The largest absolute Gasteiger partial charge is 0.449 e. The van der Waals surface area contributed by atoms with Crippen molar-refractivity contribution in [1.82, 2.24) is 5.32 Å². The first-order chi connectivity index (χ1) is 7.70. The van der Waals surface area contributed by atoms with Crippen LogP contribution in [0.25, 0.3) is 0 Å². The summed E-state index contributed by atoms with van der Waals surface area (Å²) in [5.74, 6) is 2.18. The van der Waals surface area contributed by atoms with E-state index in [2.05, 4.69) is 20.7 Å². The zero-order valence-corrected chi connectivity index (χ0v) is 8.98. The first kappa shape index (κ1) is 14.3. The summed E-state index contributed by atoms with van der Waals surface area (Å²) in [5, 5.41) is 2.52. The molecule has 1 atom stereocenters. The van der Waals surface area contributed by atoms with E-state index in [4.69, 9.17) is 12.2 Å². The molecule has 0 radical (unpaired) electrons. The molecule has 0 aliphatic carbocycles. The van der Waals surface area contributed by atoms with Crippen molar-refractivity contribution in [2.75, 3.05) is 13.2 Å². The van der Waals surface area contributed by atoms with Crippen LogP contribution in [0.15, 0.2) is 0 Å². The molecule has 0 saturated heterocycles. The summed E-state index contributed by atoms with van der Waals surface area (Å²) >= 11 is 0. The van der Waals surface area contributed by atoms with Gasteiger partial charge in [0.15, 0.2) is 12.8 Å². The number of unbranched alkanes of at least 4 members (excludes halogenated alkanes) is 1. The maximum absolute atomic E-state index is 10.9. The summed E-state index contributed by atoms with van der Waals surface area (Å²) in [4.78, 5) is 20.8. The molecule has 0 aliphatic rings. The third-order valence-corrected chi connectivity index (χ3v) is 1.70. The molecule has 3 N–H and O–H groups in total. The van der Waals surface area contributed by atoms with Crippen LogP contribution in [0.3, 0.4) is 0 Å². The Morgan fingerprint density at radius 3 is 2.94 bits per heavy atom. The second-order valence-corrected chi connectivity index (χ2v) is 2.97. The fourth-order valence-corrected chi connectivity index (χ4v) is 0.959. The van der Waals surface area contributed by atoms with E-state index < -0.39 is 12.3 Å². The third-order valence-electron chi connectivity index (χ3n) is 1.70. The van der Waals surface area contributed by atoms with Crippen molar-refractivity contribution < 1.29 is 19.1 Å². The van der Waals surface area contributed by atoms with E-state index in [-0.39, 0.29) is 6.61 Å². The van der Waals surface area contributed by atoms with Crippen LogP contribution in [0.1, 0.15) is 19.3 Å². The number of nitrogens with one attached hydrogen (secondary N) is 1. The van der Waals surface area contributed by atoms with Gasteiger partial charge in [0.2, 0.25) is 0 Å². The summed E-state index contributed by atoms with van der Waals surface area (Å²) < 4.78 is 9.06. The number of nitrogens with two attached hydrogens (primary N) is 1. The molecule has 0 aliphatic heterocycles. The lowest BCUT2D eigenvalue weighted by molar-refractivity contribution is -0.133. The second kappa shape index (κ2) is 9.80. The highest BCUT2D eigenvalue weighted by Gasteiger charge is 2.02. The van der Waals surface area contributed by atoms with Crippen LogP contribution < -0.4 is 11.1 Å². The van der Waals surface area contributed by atoms with Gasteiger partial charge in [0, 0.05) is 6.54 Å². The van der Waals surface area contributed by atoms with Crippen LogP contribution in [0.5, 0.6) is 0 Å². The monoisotopic (exact) mass is 228 g/mol. The van der Waals surface area contributed by atoms with E-state index in [1.54, 1.807) is 0 Å². The van der Waals surface area contributed by atoms with E-state index in [9.17, 15) is 9.59 Å². The lowest BCUT2D eigenvalue weighted by Gasteiger charge is -2.09. The normalized spacial score (nSPS) is 11.0. The highest BCUT2D eigenvalue weighted by molar-refractivity contribution is 5.67. The summed E-state index contributed by atoms with van der Waals surface area (Å²) in [6, 6.07) is 0. The van der Waals surface area contributed by atoms with Crippen molar-refractivity contribution in [3.63, 3.8) is 0 Å². The first-order valence-corrected chi connectivity index (χ1v) is 4.89. The molecule has 6 heteroatoms. The highest BCUT2D eigenvalue weighted by Crippen LogP contribution is 1.98. The lowest BCUT2D eigenvalue weighted by Crippen LogP contribution is -2.26. The average molecular weight is 228 g/mol.